The maximum absolute atomic E-state index is 13.3. The SMILES string of the molecule is COc1ccc(-c2nc(C)no2)cc1CC(=O)N[C@H](C(=O)N[C@@H](CC(=O)O)C(=O)CSCc1ccc(F)cc1)C(C)OC. The monoisotopic (exact) mass is 616 g/mol. The summed E-state index contributed by atoms with van der Waals surface area (Å²) in [6.07, 6.45) is -1.67. The smallest absolute Gasteiger partial charge is 0.305 e. The standard InChI is InChI=1S/C29H33FN4O8S/c1-16(40-3)27(33-25(36)12-20-11-19(7-10-24(20)41-4)29-31-17(2)34-42-29)28(39)32-22(13-26(37)38)23(35)15-43-14-18-5-8-21(30)9-6-18/h5-11,16,22,27H,12-15H2,1-4H3,(H,32,39)(H,33,36)(H,37,38)/t16?,22-,27-/m0/s1. The zero-order valence-corrected chi connectivity index (χ0v) is 24.9. The summed E-state index contributed by atoms with van der Waals surface area (Å²) in [5, 5.41) is 18.2. The van der Waals surface area contributed by atoms with Crippen LogP contribution in [-0.4, -0.2) is 77.0 Å². The van der Waals surface area contributed by atoms with Crippen molar-refractivity contribution >= 4 is 35.3 Å². The van der Waals surface area contributed by atoms with Crippen molar-refractivity contribution in [2.75, 3.05) is 20.0 Å². The molecule has 1 heterocycles. The largest absolute Gasteiger partial charge is 0.496 e. The van der Waals surface area contributed by atoms with Gasteiger partial charge < -0.3 is 29.7 Å². The molecule has 2 amide bonds. The number of halogens is 1. The van der Waals surface area contributed by atoms with Crippen molar-refractivity contribution in [1.82, 2.24) is 20.8 Å². The topological polar surface area (TPSA) is 170 Å². The fourth-order valence-corrected chi connectivity index (χ4v) is 4.96. The van der Waals surface area contributed by atoms with Gasteiger partial charge in [0.15, 0.2) is 11.6 Å². The first-order chi connectivity index (χ1) is 20.5. The third-order valence-electron chi connectivity index (χ3n) is 6.36. The Kier molecular flexibility index (Phi) is 12.2. The third-order valence-corrected chi connectivity index (χ3v) is 7.38. The number of aromatic nitrogens is 2. The second-order valence-electron chi connectivity index (χ2n) is 9.58. The van der Waals surface area contributed by atoms with Crippen LogP contribution in [0, 0.1) is 12.7 Å². The average Bonchev–Trinajstić information content (AvgIpc) is 3.41. The molecule has 3 atom stereocenters. The number of ketones is 1. The predicted molar refractivity (Wildman–Crippen MR) is 155 cm³/mol. The van der Waals surface area contributed by atoms with Gasteiger partial charge in [-0.15, -0.1) is 11.8 Å². The first kappa shape index (κ1) is 33.2. The molecule has 1 aromatic heterocycles. The van der Waals surface area contributed by atoms with Crippen molar-refractivity contribution in [3.8, 4) is 17.2 Å². The van der Waals surface area contributed by atoms with E-state index < -0.39 is 48.2 Å². The lowest BCUT2D eigenvalue weighted by atomic mass is 10.0. The second kappa shape index (κ2) is 15.8. The van der Waals surface area contributed by atoms with E-state index in [0.29, 0.717) is 28.5 Å². The number of methoxy groups -OCH3 is 2. The molecule has 0 saturated heterocycles. The summed E-state index contributed by atoms with van der Waals surface area (Å²) in [7, 11) is 2.80. The van der Waals surface area contributed by atoms with Gasteiger partial charge in [-0.2, -0.15) is 4.98 Å². The summed E-state index contributed by atoms with van der Waals surface area (Å²) in [6.45, 7) is 3.23. The number of nitrogens with zero attached hydrogens (tertiary/aromatic N) is 2. The number of amides is 2. The maximum atomic E-state index is 13.3. The summed E-state index contributed by atoms with van der Waals surface area (Å²) in [5.41, 5.74) is 1.83. The van der Waals surface area contributed by atoms with Crippen LogP contribution in [-0.2, 0) is 36.1 Å². The molecule has 3 aromatic rings. The van der Waals surface area contributed by atoms with E-state index >= 15 is 0 Å². The molecule has 230 valence electrons. The summed E-state index contributed by atoms with van der Waals surface area (Å²) in [6, 6.07) is 8.19. The number of carboxylic acids is 1. The Morgan fingerprint density at radius 1 is 1.09 bits per heavy atom. The van der Waals surface area contributed by atoms with Gasteiger partial charge in [-0.05, 0) is 49.7 Å². The number of ether oxygens (including phenoxy) is 2. The van der Waals surface area contributed by atoms with Gasteiger partial charge in [0.2, 0.25) is 11.8 Å². The van der Waals surface area contributed by atoms with Crippen molar-refractivity contribution in [3.05, 3.63) is 65.2 Å². The summed E-state index contributed by atoms with van der Waals surface area (Å²) in [5.74, 6) is -2.12. The minimum atomic E-state index is -1.34. The molecule has 0 spiro atoms. The van der Waals surface area contributed by atoms with Crippen LogP contribution in [0.5, 0.6) is 5.75 Å². The molecular formula is C29H33FN4O8S. The Balaban J connectivity index is 1.69. The number of benzene rings is 2. The number of carbonyl (C=O) groups is 4. The highest BCUT2D eigenvalue weighted by atomic mass is 32.2. The van der Waals surface area contributed by atoms with E-state index in [1.165, 1.54) is 38.1 Å². The number of hydrogen-bond acceptors (Lipinski definition) is 10. The van der Waals surface area contributed by atoms with E-state index in [4.69, 9.17) is 14.0 Å². The van der Waals surface area contributed by atoms with Crippen LogP contribution in [0.15, 0.2) is 47.0 Å². The van der Waals surface area contributed by atoms with Gasteiger partial charge in [-0.3, -0.25) is 19.2 Å². The summed E-state index contributed by atoms with van der Waals surface area (Å²) >= 11 is 1.20. The lowest BCUT2D eigenvalue weighted by Crippen LogP contribution is -2.56. The van der Waals surface area contributed by atoms with Crippen LogP contribution < -0.4 is 15.4 Å². The molecule has 43 heavy (non-hydrogen) atoms. The minimum Gasteiger partial charge on any atom is -0.496 e. The molecule has 0 saturated carbocycles. The van der Waals surface area contributed by atoms with E-state index in [2.05, 4.69) is 20.8 Å². The van der Waals surface area contributed by atoms with Gasteiger partial charge in [0, 0.05) is 24.0 Å². The summed E-state index contributed by atoms with van der Waals surface area (Å²) < 4.78 is 29.0. The number of thioether (sulfide) groups is 1. The summed E-state index contributed by atoms with van der Waals surface area (Å²) in [4.78, 5) is 55.0. The van der Waals surface area contributed by atoms with E-state index in [9.17, 15) is 28.7 Å². The Morgan fingerprint density at radius 2 is 1.81 bits per heavy atom. The highest BCUT2D eigenvalue weighted by molar-refractivity contribution is 7.99. The quantitative estimate of drug-likeness (QED) is 0.216. The predicted octanol–water partition coefficient (Wildman–Crippen LogP) is 2.72. The lowest BCUT2D eigenvalue weighted by molar-refractivity contribution is -0.140. The number of nitrogens with one attached hydrogen (secondary N) is 2. The molecule has 3 N–H and O–H groups in total. The Hall–Kier alpha value is -4.30. The molecule has 0 fully saturated rings. The van der Waals surface area contributed by atoms with Crippen molar-refractivity contribution in [1.29, 1.82) is 0 Å². The van der Waals surface area contributed by atoms with Crippen LogP contribution >= 0.6 is 11.8 Å². The van der Waals surface area contributed by atoms with E-state index in [1.54, 1.807) is 44.2 Å². The molecule has 0 aliphatic carbocycles. The van der Waals surface area contributed by atoms with Crippen LogP contribution in [0.25, 0.3) is 11.5 Å². The zero-order chi connectivity index (χ0) is 31.5. The van der Waals surface area contributed by atoms with Crippen LogP contribution in [0.2, 0.25) is 0 Å². The van der Waals surface area contributed by atoms with Crippen molar-refractivity contribution in [2.24, 2.45) is 0 Å². The van der Waals surface area contributed by atoms with E-state index in [1.807, 2.05) is 0 Å². The van der Waals surface area contributed by atoms with Gasteiger partial charge in [0.25, 0.3) is 5.89 Å². The molecule has 12 nitrogen and oxygen atoms in total. The Labute approximate surface area is 251 Å². The molecule has 14 heteroatoms. The normalized spacial score (nSPS) is 13.0. The number of aryl methyl sites for hydroxylation is 1. The fraction of sp³-hybridized carbons (Fsp3) is 0.379. The number of aliphatic carboxylic acids is 1. The van der Waals surface area contributed by atoms with Crippen LogP contribution in [0.3, 0.4) is 0 Å². The first-order valence-corrected chi connectivity index (χ1v) is 14.3. The van der Waals surface area contributed by atoms with Gasteiger partial charge in [-0.25, -0.2) is 4.39 Å². The van der Waals surface area contributed by atoms with Crippen molar-refractivity contribution < 1.29 is 42.7 Å². The molecule has 0 bridgehead atoms. The molecule has 0 aliphatic rings. The number of rotatable bonds is 16. The van der Waals surface area contributed by atoms with Gasteiger partial charge >= 0.3 is 5.97 Å². The van der Waals surface area contributed by atoms with Crippen molar-refractivity contribution in [2.45, 2.75) is 50.6 Å². The Bertz CT molecular complexity index is 1430. The lowest BCUT2D eigenvalue weighted by Gasteiger charge is -2.26. The minimum absolute atomic E-state index is 0.0951. The number of Topliss-reactive ketones (excluding diaryl/α,β-unsaturated/α-hetero) is 1. The van der Waals surface area contributed by atoms with E-state index in [0.717, 1.165) is 5.56 Å². The van der Waals surface area contributed by atoms with Gasteiger partial charge in [0.1, 0.15) is 17.6 Å². The van der Waals surface area contributed by atoms with Crippen molar-refractivity contribution in [3.63, 3.8) is 0 Å². The zero-order valence-electron chi connectivity index (χ0n) is 24.1. The van der Waals surface area contributed by atoms with Crippen LogP contribution in [0.4, 0.5) is 4.39 Å². The fourth-order valence-electron chi connectivity index (χ4n) is 4.03. The molecular weight excluding hydrogens is 583 g/mol. The molecule has 2 aromatic carbocycles. The Morgan fingerprint density at radius 3 is 2.42 bits per heavy atom. The molecule has 1 unspecified atom stereocenters. The number of carboxylic acid groups (broad SMARTS) is 1. The van der Waals surface area contributed by atoms with Crippen LogP contribution in [0.1, 0.15) is 30.3 Å². The van der Waals surface area contributed by atoms with Gasteiger partial charge in [0.05, 0.1) is 37.9 Å². The van der Waals surface area contributed by atoms with E-state index in [-0.39, 0.29) is 23.9 Å². The second-order valence-corrected chi connectivity index (χ2v) is 10.6. The highest BCUT2D eigenvalue weighted by Crippen LogP contribution is 2.26. The third kappa shape index (κ3) is 9.89. The maximum Gasteiger partial charge on any atom is 0.305 e. The molecule has 0 radical (unpaired) electrons. The molecule has 3 rings (SSSR count). The first-order valence-electron chi connectivity index (χ1n) is 13.2. The highest BCUT2D eigenvalue weighted by Gasteiger charge is 2.32. The number of hydrogen-bond donors (Lipinski definition) is 3. The molecule has 0 aliphatic heterocycles. The number of carbonyl (C=O) groups excluding carboxylic acids is 3. The average molecular weight is 617 g/mol. The van der Waals surface area contributed by atoms with Gasteiger partial charge in [-0.1, -0.05) is 17.3 Å².